The molecule has 18 heavy (non-hydrogen) atoms. The first-order chi connectivity index (χ1) is 8.14. The maximum Gasteiger partial charge on any atom is 0.0998 e. The molecule has 0 radical (unpaired) electrons. The van der Waals surface area contributed by atoms with Gasteiger partial charge in [-0.25, -0.2) is 0 Å². The molecule has 3 heteroatoms. The third kappa shape index (κ3) is 2.63. The van der Waals surface area contributed by atoms with E-state index in [2.05, 4.69) is 22.0 Å². The summed E-state index contributed by atoms with van der Waals surface area (Å²) in [6, 6.07) is 8.09. The number of halogens is 1. The van der Waals surface area contributed by atoms with Gasteiger partial charge in [0.15, 0.2) is 0 Å². The normalized spacial score (nSPS) is 29.4. The lowest BCUT2D eigenvalue weighted by molar-refractivity contribution is -0.125. The highest BCUT2D eigenvalue weighted by molar-refractivity contribution is 9.10. The van der Waals surface area contributed by atoms with Gasteiger partial charge in [0.05, 0.1) is 16.8 Å². The Bertz CT molecular complexity index is 454. The van der Waals surface area contributed by atoms with Gasteiger partial charge < -0.3 is 9.84 Å². The van der Waals surface area contributed by atoms with Gasteiger partial charge in [0.1, 0.15) is 0 Å². The molecule has 0 spiro atoms. The lowest BCUT2D eigenvalue weighted by Gasteiger charge is -2.35. The Hall–Kier alpha value is -0.380. The number of hydrogen-bond acceptors (Lipinski definition) is 2. The fraction of sp³-hybridized carbons (Fsp3) is 0.600. The lowest BCUT2D eigenvalue weighted by atomic mass is 9.78. The Balaban J connectivity index is 2.27. The predicted molar refractivity (Wildman–Crippen MR) is 76.7 cm³/mol. The van der Waals surface area contributed by atoms with Gasteiger partial charge in [-0.1, -0.05) is 28.1 Å². The van der Waals surface area contributed by atoms with E-state index >= 15 is 0 Å². The van der Waals surface area contributed by atoms with Crippen LogP contribution in [0.3, 0.4) is 0 Å². The van der Waals surface area contributed by atoms with Crippen molar-refractivity contribution in [2.75, 3.05) is 0 Å². The topological polar surface area (TPSA) is 29.5 Å². The summed E-state index contributed by atoms with van der Waals surface area (Å²) < 4.78 is 7.03. The van der Waals surface area contributed by atoms with Crippen molar-refractivity contribution in [3.8, 4) is 0 Å². The van der Waals surface area contributed by atoms with Gasteiger partial charge in [-0.15, -0.1) is 0 Å². The number of rotatable bonds is 2. The third-order valence-corrected chi connectivity index (χ3v) is 4.25. The molecule has 2 nitrogen and oxygen atoms in total. The van der Waals surface area contributed by atoms with Crippen LogP contribution in [-0.2, 0) is 11.2 Å². The molecule has 1 fully saturated rings. The summed E-state index contributed by atoms with van der Waals surface area (Å²) in [6.07, 6.45) is 1.27. The molecule has 1 unspecified atom stereocenters. The highest BCUT2D eigenvalue weighted by Crippen LogP contribution is 2.46. The van der Waals surface area contributed by atoms with Crippen molar-refractivity contribution >= 4 is 15.9 Å². The van der Waals surface area contributed by atoms with Crippen molar-refractivity contribution in [1.82, 2.24) is 0 Å². The van der Waals surface area contributed by atoms with Gasteiger partial charge in [-0.05, 0) is 45.4 Å². The standard InChI is InChI=1S/C15H21BrO2/c1-13(2)10-15(17,14(3,4)18-13)9-11-6-5-7-12(16)8-11/h5-8,17H,9-10H2,1-4H3. The first-order valence-corrected chi connectivity index (χ1v) is 7.10. The van der Waals surface area contributed by atoms with Crippen LogP contribution in [-0.4, -0.2) is 21.9 Å². The van der Waals surface area contributed by atoms with Crippen LogP contribution < -0.4 is 0 Å². The maximum atomic E-state index is 11.0. The molecule has 2 rings (SSSR count). The molecule has 1 N–H and O–H groups in total. The van der Waals surface area contributed by atoms with Crippen LogP contribution in [0, 0.1) is 0 Å². The van der Waals surface area contributed by atoms with E-state index in [1.54, 1.807) is 0 Å². The first kappa shape index (κ1) is 14.0. The van der Waals surface area contributed by atoms with Gasteiger partial charge in [0.2, 0.25) is 0 Å². The monoisotopic (exact) mass is 312 g/mol. The average molecular weight is 313 g/mol. The molecule has 1 aromatic carbocycles. The zero-order valence-corrected chi connectivity index (χ0v) is 13.0. The third-order valence-electron chi connectivity index (χ3n) is 3.76. The summed E-state index contributed by atoms with van der Waals surface area (Å²) in [6.45, 7) is 8.01. The molecule has 1 aliphatic rings. The Morgan fingerprint density at radius 2 is 1.94 bits per heavy atom. The maximum absolute atomic E-state index is 11.0. The smallest absolute Gasteiger partial charge is 0.0998 e. The number of aliphatic hydroxyl groups is 1. The Labute approximate surface area is 117 Å². The van der Waals surface area contributed by atoms with E-state index in [9.17, 15) is 5.11 Å². The molecule has 1 heterocycles. The Morgan fingerprint density at radius 3 is 2.44 bits per heavy atom. The first-order valence-electron chi connectivity index (χ1n) is 6.31. The molecule has 1 aliphatic heterocycles. The average Bonchev–Trinajstić information content (AvgIpc) is 2.29. The van der Waals surface area contributed by atoms with E-state index in [1.807, 2.05) is 45.9 Å². The van der Waals surface area contributed by atoms with Gasteiger partial charge in [-0.3, -0.25) is 0 Å². The van der Waals surface area contributed by atoms with Crippen LogP contribution in [0.5, 0.6) is 0 Å². The minimum absolute atomic E-state index is 0.274. The van der Waals surface area contributed by atoms with Crippen LogP contribution in [0.1, 0.15) is 39.7 Å². The van der Waals surface area contributed by atoms with Crippen molar-refractivity contribution in [3.63, 3.8) is 0 Å². The van der Waals surface area contributed by atoms with Crippen LogP contribution >= 0.6 is 15.9 Å². The molecule has 0 aromatic heterocycles. The Morgan fingerprint density at radius 1 is 1.28 bits per heavy atom. The highest BCUT2D eigenvalue weighted by atomic mass is 79.9. The van der Waals surface area contributed by atoms with Gasteiger partial charge in [0.25, 0.3) is 0 Å². The molecule has 0 aliphatic carbocycles. The minimum Gasteiger partial charge on any atom is -0.386 e. The van der Waals surface area contributed by atoms with E-state index in [1.165, 1.54) is 0 Å². The summed E-state index contributed by atoms with van der Waals surface area (Å²) >= 11 is 3.47. The lowest BCUT2D eigenvalue weighted by Crippen LogP contribution is -2.48. The van der Waals surface area contributed by atoms with E-state index in [4.69, 9.17) is 4.74 Å². The van der Waals surface area contributed by atoms with Crippen molar-refractivity contribution < 1.29 is 9.84 Å². The van der Waals surface area contributed by atoms with Crippen LogP contribution in [0.25, 0.3) is 0 Å². The number of benzene rings is 1. The fourth-order valence-corrected chi connectivity index (χ4v) is 3.45. The van der Waals surface area contributed by atoms with Crippen LogP contribution in [0.15, 0.2) is 28.7 Å². The number of ether oxygens (including phenoxy) is 1. The summed E-state index contributed by atoms with van der Waals surface area (Å²) in [5, 5.41) is 11.0. The van der Waals surface area contributed by atoms with Crippen molar-refractivity contribution in [3.05, 3.63) is 34.3 Å². The molecular formula is C15H21BrO2. The number of hydrogen-bond donors (Lipinski definition) is 1. The molecular weight excluding hydrogens is 292 g/mol. The van der Waals surface area contributed by atoms with E-state index in [0.717, 1.165) is 10.0 Å². The summed E-state index contributed by atoms with van der Waals surface area (Å²) in [5.41, 5.74) is -0.498. The second-order valence-corrected chi connectivity index (χ2v) is 7.30. The van der Waals surface area contributed by atoms with Crippen molar-refractivity contribution in [1.29, 1.82) is 0 Å². The van der Waals surface area contributed by atoms with Crippen molar-refractivity contribution in [2.24, 2.45) is 0 Å². The van der Waals surface area contributed by atoms with E-state index < -0.39 is 11.2 Å². The second kappa shape index (κ2) is 4.32. The second-order valence-electron chi connectivity index (χ2n) is 6.39. The largest absolute Gasteiger partial charge is 0.386 e. The predicted octanol–water partition coefficient (Wildman–Crippen LogP) is 3.70. The van der Waals surface area contributed by atoms with Crippen LogP contribution in [0.2, 0.25) is 0 Å². The fourth-order valence-electron chi connectivity index (χ4n) is 3.00. The van der Waals surface area contributed by atoms with Crippen LogP contribution in [0.4, 0.5) is 0 Å². The molecule has 1 saturated heterocycles. The summed E-state index contributed by atoms with van der Waals surface area (Å²) in [5.74, 6) is 0. The Kier molecular flexibility index (Phi) is 3.37. The molecule has 1 atom stereocenters. The van der Waals surface area contributed by atoms with E-state index in [0.29, 0.717) is 12.8 Å². The zero-order valence-electron chi connectivity index (χ0n) is 11.5. The van der Waals surface area contributed by atoms with E-state index in [-0.39, 0.29) is 5.60 Å². The minimum atomic E-state index is -0.822. The van der Waals surface area contributed by atoms with Gasteiger partial charge in [-0.2, -0.15) is 0 Å². The SMILES string of the molecule is CC1(C)CC(O)(Cc2cccc(Br)c2)C(C)(C)O1. The molecule has 1 aromatic rings. The summed E-state index contributed by atoms with van der Waals surface area (Å²) in [4.78, 5) is 0. The van der Waals surface area contributed by atoms with Gasteiger partial charge >= 0.3 is 0 Å². The molecule has 0 bridgehead atoms. The zero-order chi connectivity index (χ0) is 13.6. The molecule has 100 valence electrons. The summed E-state index contributed by atoms with van der Waals surface area (Å²) in [7, 11) is 0. The van der Waals surface area contributed by atoms with Crippen molar-refractivity contribution in [2.45, 2.75) is 57.3 Å². The quantitative estimate of drug-likeness (QED) is 0.902. The molecule has 0 amide bonds. The van der Waals surface area contributed by atoms with Gasteiger partial charge in [0, 0.05) is 17.3 Å². The highest BCUT2D eigenvalue weighted by Gasteiger charge is 2.56. The molecule has 0 saturated carbocycles.